The number of aryl methyl sites for hydroxylation is 1. The van der Waals surface area contributed by atoms with Crippen molar-refractivity contribution in [3.63, 3.8) is 0 Å². The normalized spacial score (nSPS) is 20.4. The highest BCUT2D eigenvalue weighted by atomic mass is 19.2. The van der Waals surface area contributed by atoms with E-state index in [-0.39, 0.29) is 22.3 Å². The number of hydrogen-bond acceptors (Lipinski definition) is 1. The van der Waals surface area contributed by atoms with Gasteiger partial charge in [-0.1, -0.05) is 37.6 Å². The van der Waals surface area contributed by atoms with Gasteiger partial charge in [0.15, 0.2) is 23.3 Å². The third-order valence-corrected chi connectivity index (χ3v) is 5.09. The summed E-state index contributed by atoms with van der Waals surface area (Å²) in [4.78, 5) is 0. The molecule has 1 aliphatic rings. The first-order chi connectivity index (χ1) is 12.4. The van der Waals surface area contributed by atoms with Gasteiger partial charge in [-0.2, -0.15) is 0 Å². The van der Waals surface area contributed by atoms with Crippen LogP contribution < -0.4 is 0 Å². The van der Waals surface area contributed by atoms with E-state index in [1.165, 1.54) is 31.2 Å². The van der Waals surface area contributed by atoms with Crippen LogP contribution in [0.1, 0.15) is 49.8 Å². The summed E-state index contributed by atoms with van der Waals surface area (Å²) in [5.41, 5.74) is -0.332. The molecule has 5 heteroatoms. The van der Waals surface area contributed by atoms with Crippen molar-refractivity contribution in [1.29, 1.82) is 0 Å². The summed E-state index contributed by atoms with van der Waals surface area (Å²) < 4.78 is 62.8. The van der Waals surface area contributed by atoms with Crippen LogP contribution in [-0.2, 0) is 4.74 Å². The Kier molecular flexibility index (Phi) is 5.66. The number of rotatable bonds is 4. The van der Waals surface area contributed by atoms with E-state index in [2.05, 4.69) is 6.92 Å². The summed E-state index contributed by atoms with van der Waals surface area (Å²) in [6.07, 6.45) is 3.13. The van der Waals surface area contributed by atoms with Crippen LogP contribution in [0.25, 0.3) is 11.1 Å². The molecule has 2 aromatic rings. The maximum atomic E-state index is 14.6. The predicted octanol–water partition coefficient (Wildman–Crippen LogP) is 6.49. The van der Waals surface area contributed by atoms with Crippen LogP contribution in [0.4, 0.5) is 17.6 Å². The molecule has 0 bridgehead atoms. The minimum atomic E-state index is -1.18. The predicted molar refractivity (Wildman–Crippen MR) is 92.8 cm³/mol. The Morgan fingerprint density at radius 1 is 0.885 bits per heavy atom. The molecular formula is C21H22F4O. The summed E-state index contributed by atoms with van der Waals surface area (Å²) in [5, 5.41) is 0. The van der Waals surface area contributed by atoms with E-state index >= 15 is 0 Å². The fourth-order valence-electron chi connectivity index (χ4n) is 3.56. The van der Waals surface area contributed by atoms with E-state index in [4.69, 9.17) is 4.74 Å². The molecule has 26 heavy (non-hydrogen) atoms. The highest BCUT2D eigenvalue weighted by Gasteiger charge is 2.27. The molecule has 1 saturated heterocycles. The average Bonchev–Trinajstić information content (AvgIpc) is 2.64. The summed E-state index contributed by atoms with van der Waals surface area (Å²) in [5.74, 6) is -4.00. The number of hydrogen-bond donors (Lipinski definition) is 0. The third-order valence-electron chi connectivity index (χ3n) is 5.09. The lowest BCUT2D eigenvalue weighted by Crippen LogP contribution is -2.21. The summed E-state index contributed by atoms with van der Waals surface area (Å²) in [7, 11) is 0. The minimum absolute atomic E-state index is 0.112. The van der Waals surface area contributed by atoms with Crippen LogP contribution in [0.5, 0.6) is 0 Å². The van der Waals surface area contributed by atoms with Gasteiger partial charge in [-0.25, -0.2) is 17.6 Å². The Morgan fingerprint density at radius 2 is 1.54 bits per heavy atom. The Labute approximate surface area is 151 Å². The van der Waals surface area contributed by atoms with Crippen molar-refractivity contribution in [2.75, 3.05) is 6.61 Å². The molecule has 2 aromatic carbocycles. The van der Waals surface area contributed by atoms with Gasteiger partial charge in [-0.15, -0.1) is 0 Å². The molecule has 1 fully saturated rings. The van der Waals surface area contributed by atoms with Gasteiger partial charge in [-0.3, -0.25) is 0 Å². The molecule has 0 amide bonds. The molecule has 1 aliphatic heterocycles. The van der Waals surface area contributed by atoms with Gasteiger partial charge >= 0.3 is 0 Å². The Morgan fingerprint density at radius 3 is 2.15 bits per heavy atom. The van der Waals surface area contributed by atoms with Crippen molar-refractivity contribution in [3.8, 4) is 11.1 Å². The van der Waals surface area contributed by atoms with E-state index < -0.39 is 29.4 Å². The van der Waals surface area contributed by atoms with E-state index in [0.29, 0.717) is 18.9 Å². The van der Waals surface area contributed by atoms with Crippen molar-refractivity contribution in [2.45, 2.75) is 45.6 Å². The summed E-state index contributed by atoms with van der Waals surface area (Å²) in [6, 6.07) is 5.31. The van der Waals surface area contributed by atoms with E-state index in [1.807, 2.05) is 0 Å². The van der Waals surface area contributed by atoms with E-state index in [9.17, 15) is 17.6 Å². The molecule has 0 saturated carbocycles. The first kappa shape index (κ1) is 18.9. The Balaban J connectivity index is 1.89. The van der Waals surface area contributed by atoms with Gasteiger partial charge in [0.05, 0.1) is 12.7 Å². The fraction of sp³-hybridized carbons (Fsp3) is 0.429. The zero-order valence-corrected chi connectivity index (χ0v) is 14.9. The van der Waals surface area contributed by atoms with Crippen LogP contribution in [-0.4, -0.2) is 6.61 Å². The first-order valence-electron chi connectivity index (χ1n) is 8.98. The molecule has 0 N–H and O–H groups in total. The topological polar surface area (TPSA) is 9.23 Å². The molecule has 0 spiro atoms. The van der Waals surface area contributed by atoms with Gasteiger partial charge < -0.3 is 4.74 Å². The van der Waals surface area contributed by atoms with Gasteiger partial charge in [0.1, 0.15) is 0 Å². The molecule has 2 unspecified atom stereocenters. The minimum Gasteiger partial charge on any atom is -0.373 e. The van der Waals surface area contributed by atoms with Crippen LogP contribution in [0, 0.1) is 36.1 Å². The number of benzene rings is 2. The van der Waals surface area contributed by atoms with Gasteiger partial charge in [0.2, 0.25) is 0 Å². The fourth-order valence-corrected chi connectivity index (χ4v) is 3.56. The van der Waals surface area contributed by atoms with Crippen molar-refractivity contribution in [2.24, 2.45) is 5.92 Å². The molecule has 140 valence electrons. The SMILES string of the molecule is CCCC1CCC(c2ccc(-c3ccc(C)c(F)c3F)c(F)c2F)OC1. The summed E-state index contributed by atoms with van der Waals surface area (Å²) in [6.45, 7) is 4.04. The smallest absolute Gasteiger partial charge is 0.167 e. The van der Waals surface area contributed by atoms with Crippen LogP contribution in [0.2, 0.25) is 0 Å². The Bertz CT molecular complexity index is 795. The van der Waals surface area contributed by atoms with Gasteiger partial charge in [0, 0.05) is 16.7 Å². The van der Waals surface area contributed by atoms with Crippen LogP contribution >= 0.6 is 0 Å². The Hall–Kier alpha value is -1.88. The lowest BCUT2D eigenvalue weighted by Gasteiger charge is -2.29. The van der Waals surface area contributed by atoms with Gasteiger partial charge in [-0.05, 0) is 37.7 Å². The first-order valence-corrected chi connectivity index (χ1v) is 8.98. The quantitative estimate of drug-likeness (QED) is 0.562. The molecule has 0 aliphatic carbocycles. The largest absolute Gasteiger partial charge is 0.373 e. The molecule has 3 rings (SSSR count). The molecular weight excluding hydrogens is 344 g/mol. The average molecular weight is 366 g/mol. The monoisotopic (exact) mass is 366 g/mol. The molecule has 0 aromatic heterocycles. The second-order valence-corrected chi connectivity index (χ2v) is 6.94. The van der Waals surface area contributed by atoms with Crippen molar-refractivity contribution >= 4 is 0 Å². The lowest BCUT2D eigenvalue weighted by molar-refractivity contribution is -0.0214. The van der Waals surface area contributed by atoms with Crippen molar-refractivity contribution < 1.29 is 22.3 Å². The maximum absolute atomic E-state index is 14.6. The highest BCUT2D eigenvalue weighted by molar-refractivity contribution is 5.66. The molecule has 1 heterocycles. The second kappa shape index (κ2) is 7.78. The zero-order valence-electron chi connectivity index (χ0n) is 14.9. The lowest BCUT2D eigenvalue weighted by atomic mass is 9.90. The third kappa shape index (κ3) is 3.50. The summed E-state index contributed by atoms with van der Waals surface area (Å²) >= 11 is 0. The van der Waals surface area contributed by atoms with E-state index in [0.717, 1.165) is 19.3 Å². The zero-order chi connectivity index (χ0) is 18.8. The standard InChI is InChI=1S/C21H22F4O/c1-3-4-13-6-10-17(26-11-13)16-9-8-15(20(24)21(16)25)14-7-5-12(2)18(22)19(14)23/h5,7-9,13,17H,3-4,6,10-11H2,1-2H3. The molecule has 2 atom stereocenters. The molecule has 0 radical (unpaired) electrons. The highest BCUT2D eigenvalue weighted by Crippen LogP contribution is 2.37. The van der Waals surface area contributed by atoms with Crippen molar-refractivity contribution in [1.82, 2.24) is 0 Å². The maximum Gasteiger partial charge on any atom is 0.167 e. The van der Waals surface area contributed by atoms with Gasteiger partial charge in [0.25, 0.3) is 0 Å². The van der Waals surface area contributed by atoms with Crippen LogP contribution in [0.15, 0.2) is 24.3 Å². The number of halogens is 4. The van der Waals surface area contributed by atoms with Crippen molar-refractivity contribution in [3.05, 3.63) is 58.7 Å². The van der Waals surface area contributed by atoms with E-state index in [1.54, 1.807) is 0 Å². The second-order valence-electron chi connectivity index (χ2n) is 6.94. The number of ether oxygens (including phenoxy) is 1. The molecule has 1 nitrogen and oxygen atoms in total. The van der Waals surface area contributed by atoms with Crippen LogP contribution in [0.3, 0.4) is 0 Å².